The number of para-hydroxylation sites is 1. The average Bonchev–Trinajstić information content (AvgIpc) is 2.66. The number of nitrogens with zero attached hydrogens (tertiary/aromatic N) is 1. The number of anilines is 1. The van der Waals surface area contributed by atoms with Crippen LogP contribution in [0.1, 0.15) is 18.4 Å². The molecule has 0 aromatic heterocycles. The van der Waals surface area contributed by atoms with Crippen LogP contribution in [-0.2, 0) is 16.0 Å². The summed E-state index contributed by atoms with van der Waals surface area (Å²) in [5.74, 6) is -0.124. The minimum Gasteiger partial charge on any atom is -0.340 e. The zero-order chi connectivity index (χ0) is 18.2. The SMILES string of the molecule is Cl.O=C(CC1NCCN(CCCc2ccccc2)C1=O)Nc1ccccc1. The van der Waals surface area contributed by atoms with Crippen LogP contribution in [0.2, 0.25) is 0 Å². The number of aryl methyl sites for hydroxylation is 1. The van der Waals surface area contributed by atoms with Crippen LogP contribution in [0.15, 0.2) is 60.7 Å². The molecule has 2 N–H and O–H groups in total. The van der Waals surface area contributed by atoms with Gasteiger partial charge in [0, 0.05) is 25.3 Å². The van der Waals surface area contributed by atoms with Crippen LogP contribution in [0.5, 0.6) is 0 Å². The van der Waals surface area contributed by atoms with Crippen molar-refractivity contribution in [3.63, 3.8) is 0 Å². The number of nitrogens with one attached hydrogen (secondary N) is 2. The van der Waals surface area contributed by atoms with Gasteiger partial charge in [-0.1, -0.05) is 48.5 Å². The highest BCUT2D eigenvalue weighted by molar-refractivity contribution is 5.95. The topological polar surface area (TPSA) is 61.4 Å². The van der Waals surface area contributed by atoms with Crippen LogP contribution in [-0.4, -0.2) is 42.4 Å². The highest BCUT2D eigenvalue weighted by Crippen LogP contribution is 2.11. The van der Waals surface area contributed by atoms with Gasteiger partial charge in [-0.25, -0.2) is 0 Å². The molecule has 1 unspecified atom stereocenters. The molecule has 0 saturated carbocycles. The minimum absolute atomic E-state index is 0. The Bertz CT molecular complexity index is 725. The number of hydrogen-bond donors (Lipinski definition) is 2. The van der Waals surface area contributed by atoms with Gasteiger partial charge in [0.25, 0.3) is 0 Å². The van der Waals surface area contributed by atoms with Gasteiger partial charge in [0.2, 0.25) is 11.8 Å². The van der Waals surface area contributed by atoms with Crippen molar-refractivity contribution in [3.8, 4) is 0 Å². The smallest absolute Gasteiger partial charge is 0.240 e. The van der Waals surface area contributed by atoms with E-state index in [1.54, 1.807) is 0 Å². The lowest BCUT2D eigenvalue weighted by Gasteiger charge is -2.33. The van der Waals surface area contributed by atoms with E-state index in [2.05, 4.69) is 22.8 Å². The maximum absolute atomic E-state index is 12.6. The number of piperazine rings is 1. The van der Waals surface area contributed by atoms with Crippen LogP contribution in [0.4, 0.5) is 5.69 Å². The van der Waals surface area contributed by atoms with E-state index in [0.29, 0.717) is 6.54 Å². The summed E-state index contributed by atoms with van der Waals surface area (Å²) in [5.41, 5.74) is 2.04. The van der Waals surface area contributed by atoms with Crippen molar-refractivity contribution in [1.82, 2.24) is 10.2 Å². The molecule has 1 atom stereocenters. The third kappa shape index (κ3) is 6.38. The van der Waals surface area contributed by atoms with Gasteiger partial charge in [0.05, 0.1) is 12.5 Å². The summed E-state index contributed by atoms with van der Waals surface area (Å²) >= 11 is 0. The monoisotopic (exact) mass is 387 g/mol. The molecule has 3 rings (SSSR count). The first-order valence-corrected chi connectivity index (χ1v) is 9.13. The Labute approximate surface area is 166 Å². The van der Waals surface area contributed by atoms with Gasteiger partial charge in [-0.3, -0.25) is 9.59 Å². The average molecular weight is 388 g/mol. The molecule has 2 aromatic rings. The third-order valence-electron chi connectivity index (χ3n) is 4.57. The molecule has 0 bridgehead atoms. The van der Waals surface area contributed by atoms with Gasteiger partial charge in [0.15, 0.2) is 0 Å². The van der Waals surface area contributed by atoms with Crippen molar-refractivity contribution in [2.45, 2.75) is 25.3 Å². The Hall–Kier alpha value is -2.37. The Kier molecular flexibility index (Phi) is 8.30. The highest BCUT2D eigenvalue weighted by Gasteiger charge is 2.29. The van der Waals surface area contributed by atoms with Gasteiger partial charge < -0.3 is 15.5 Å². The molecule has 1 fully saturated rings. The number of benzene rings is 2. The van der Waals surface area contributed by atoms with E-state index in [-0.39, 0.29) is 30.6 Å². The molecule has 1 aliphatic heterocycles. The van der Waals surface area contributed by atoms with Gasteiger partial charge in [-0.2, -0.15) is 0 Å². The number of amides is 2. The predicted octanol–water partition coefficient (Wildman–Crippen LogP) is 2.87. The molecule has 5 nitrogen and oxygen atoms in total. The summed E-state index contributed by atoms with van der Waals surface area (Å²) in [6, 6.07) is 19.2. The minimum atomic E-state index is -0.441. The molecular weight excluding hydrogens is 362 g/mol. The lowest BCUT2D eigenvalue weighted by atomic mass is 10.1. The van der Waals surface area contributed by atoms with E-state index in [1.807, 2.05) is 53.4 Å². The van der Waals surface area contributed by atoms with Crippen molar-refractivity contribution in [3.05, 3.63) is 66.2 Å². The summed E-state index contributed by atoms with van der Waals surface area (Å²) in [6.45, 7) is 2.15. The standard InChI is InChI=1S/C21H25N3O2.ClH/c25-20(23-18-11-5-2-6-12-18)16-19-21(26)24(15-13-22-19)14-7-10-17-8-3-1-4-9-17;/h1-6,8-9,11-12,19,22H,7,10,13-16H2,(H,23,25);1H. The molecule has 1 heterocycles. The summed E-state index contributed by atoms with van der Waals surface area (Å²) < 4.78 is 0. The van der Waals surface area contributed by atoms with E-state index < -0.39 is 6.04 Å². The van der Waals surface area contributed by atoms with Crippen LogP contribution in [0, 0.1) is 0 Å². The lowest BCUT2D eigenvalue weighted by molar-refractivity contribution is -0.137. The largest absolute Gasteiger partial charge is 0.340 e. The Morgan fingerprint density at radius 1 is 1.07 bits per heavy atom. The molecular formula is C21H26ClN3O2. The number of halogens is 1. The van der Waals surface area contributed by atoms with Crippen LogP contribution < -0.4 is 10.6 Å². The first-order valence-electron chi connectivity index (χ1n) is 9.13. The van der Waals surface area contributed by atoms with E-state index in [1.165, 1.54) is 5.56 Å². The van der Waals surface area contributed by atoms with Crippen molar-refractivity contribution >= 4 is 29.9 Å². The second-order valence-electron chi connectivity index (χ2n) is 6.54. The van der Waals surface area contributed by atoms with Crippen molar-refractivity contribution < 1.29 is 9.59 Å². The number of carbonyl (C=O) groups excluding carboxylic acids is 2. The Balaban J connectivity index is 0.00000261. The maximum atomic E-state index is 12.6. The first kappa shape index (κ1) is 20.9. The number of rotatable bonds is 7. The zero-order valence-corrected chi connectivity index (χ0v) is 16.1. The van der Waals surface area contributed by atoms with Crippen LogP contribution in [0.3, 0.4) is 0 Å². The second kappa shape index (κ2) is 10.7. The first-order chi connectivity index (χ1) is 12.7. The van der Waals surface area contributed by atoms with E-state index in [0.717, 1.165) is 31.6 Å². The fraction of sp³-hybridized carbons (Fsp3) is 0.333. The summed E-state index contributed by atoms with van der Waals surface area (Å²) in [5, 5.41) is 6.01. The maximum Gasteiger partial charge on any atom is 0.240 e. The zero-order valence-electron chi connectivity index (χ0n) is 15.3. The van der Waals surface area contributed by atoms with Crippen molar-refractivity contribution in [2.24, 2.45) is 0 Å². The third-order valence-corrected chi connectivity index (χ3v) is 4.57. The highest BCUT2D eigenvalue weighted by atomic mass is 35.5. The van der Waals surface area contributed by atoms with Gasteiger partial charge >= 0.3 is 0 Å². The molecule has 1 aliphatic rings. The van der Waals surface area contributed by atoms with Gasteiger partial charge in [-0.15, -0.1) is 12.4 Å². The molecule has 2 amide bonds. The molecule has 27 heavy (non-hydrogen) atoms. The second-order valence-corrected chi connectivity index (χ2v) is 6.54. The van der Waals surface area contributed by atoms with Gasteiger partial charge in [0.1, 0.15) is 0 Å². The van der Waals surface area contributed by atoms with Crippen LogP contribution in [0.25, 0.3) is 0 Å². The summed E-state index contributed by atoms with van der Waals surface area (Å²) in [7, 11) is 0. The number of hydrogen-bond acceptors (Lipinski definition) is 3. The molecule has 1 saturated heterocycles. The Morgan fingerprint density at radius 3 is 2.44 bits per heavy atom. The fourth-order valence-corrected chi connectivity index (χ4v) is 3.21. The van der Waals surface area contributed by atoms with E-state index in [4.69, 9.17) is 0 Å². The fourth-order valence-electron chi connectivity index (χ4n) is 3.21. The van der Waals surface area contributed by atoms with Gasteiger partial charge in [-0.05, 0) is 30.5 Å². The van der Waals surface area contributed by atoms with Crippen molar-refractivity contribution in [2.75, 3.05) is 25.0 Å². The van der Waals surface area contributed by atoms with Crippen LogP contribution >= 0.6 is 12.4 Å². The molecule has 2 aromatic carbocycles. The molecule has 0 radical (unpaired) electrons. The van der Waals surface area contributed by atoms with Crippen molar-refractivity contribution in [1.29, 1.82) is 0 Å². The quantitative estimate of drug-likeness (QED) is 0.768. The lowest BCUT2D eigenvalue weighted by Crippen LogP contribution is -2.56. The van der Waals surface area contributed by atoms with E-state index >= 15 is 0 Å². The molecule has 0 aliphatic carbocycles. The molecule has 6 heteroatoms. The number of carbonyl (C=O) groups is 2. The molecule has 0 spiro atoms. The predicted molar refractivity (Wildman–Crippen MR) is 110 cm³/mol. The Morgan fingerprint density at radius 2 is 1.74 bits per heavy atom. The summed E-state index contributed by atoms with van der Waals surface area (Å²) in [6.07, 6.45) is 2.04. The normalized spacial score (nSPS) is 16.5. The summed E-state index contributed by atoms with van der Waals surface area (Å²) in [4.78, 5) is 26.7. The molecule has 144 valence electrons. The van der Waals surface area contributed by atoms with E-state index in [9.17, 15) is 9.59 Å².